The second-order valence-corrected chi connectivity index (χ2v) is 26.8. The lowest BCUT2D eigenvalue weighted by Crippen LogP contribution is -2.29. The molecule has 0 saturated heterocycles. The van der Waals surface area contributed by atoms with E-state index < -0.39 is 0 Å². The third-order valence-corrected chi connectivity index (χ3v) is 16.1. The molecular weight excluding hydrogens is 949 g/mol. The molecule has 0 atom stereocenters. The molecule has 0 saturated carbocycles. The number of anilines is 3. The molecule has 1 aliphatic rings. The van der Waals surface area contributed by atoms with Crippen molar-refractivity contribution < 1.29 is 4.74 Å². The van der Waals surface area contributed by atoms with Crippen LogP contribution >= 0.6 is 0 Å². The molecule has 9 aromatic rings. The van der Waals surface area contributed by atoms with E-state index in [2.05, 4.69) is 269 Å². The third kappa shape index (κ3) is 11.5. The van der Waals surface area contributed by atoms with Crippen LogP contribution in [-0.4, -0.2) is 22.8 Å². The first kappa shape index (κ1) is 54.3. The van der Waals surface area contributed by atoms with E-state index >= 15 is 0 Å². The van der Waals surface area contributed by atoms with E-state index in [1.807, 2.05) is 6.20 Å². The standard InChI is InChI=1S/C73H84N4O/c1-49(2)37-53-39-58(73(12,13)14)44-64(54-40-56(71(6,7)8)43-57(41-54)72(9,10)11)61(53)27-20-21-36-75-48-76(66-33-30-52(42-68(66)75)51-24-16-15-17-25-51)59-26-22-23-50(38-59)47-78-60-31-32-63-62-28-18-19-29-65(62)77(67(63)46-60)69-45-55(34-35-74-69)70(3,4)5/h15-19,22-26,28-35,38-46,49H,20-21,27,36-37,47-48H2,1-14H3. The highest BCUT2D eigenvalue weighted by Crippen LogP contribution is 2.45. The van der Waals surface area contributed by atoms with Gasteiger partial charge in [-0.05, 0) is 169 Å². The summed E-state index contributed by atoms with van der Waals surface area (Å²) in [5.74, 6) is 2.30. The van der Waals surface area contributed by atoms with Crippen LogP contribution in [0.4, 0.5) is 17.1 Å². The van der Waals surface area contributed by atoms with Crippen LogP contribution in [0.2, 0.25) is 0 Å². The molecule has 0 N–H and O–H groups in total. The van der Waals surface area contributed by atoms with E-state index in [0.717, 1.165) is 67.1 Å². The quantitative estimate of drug-likeness (QED) is 0.102. The Morgan fingerprint density at radius 1 is 0.526 bits per heavy atom. The molecule has 0 unspecified atom stereocenters. The Balaban J connectivity index is 0.928. The van der Waals surface area contributed by atoms with Crippen molar-refractivity contribution in [1.82, 2.24) is 9.55 Å². The summed E-state index contributed by atoms with van der Waals surface area (Å²) in [5, 5.41) is 2.39. The zero-order valence-electron chi connectivity index (χ0n) is 49.3. The minimum Gasteiger partial charge on any atom is -0.489 e. The summed E-state index contributed by atoms with van der Waals surface area (Å²) < 4.78 is 8.99. The van der Waals surface area contributed by atoms with Gasteiger partial charge >= 0.3 is 0 Å². The predicted octanol–water partition coefficient (Wildman–Crippen LogP) is 19.4. The summed E-state index contributed by atoms with van der Waals surface area (Å²) in [4.78, 5) is 10.0. The number of rotatable bonds is 14. The Bertz CT molecular complexity index is 3570. The average Bonchev–Trinajstić information content (AvgIpc) is 4.04. The molecule has 3 heterocycles. The van der Waals surface area contributed by atoms with E-state index in [1.165, 1.54) is 83.5 Å². The van der Waals surface area contributed by atoms with Gasteiger partial charge in [0.1, 0.15) is 18.2 Å². The molecule has 7 aromatic carbocycles. The number of unbranched alkanes of at least 4 members (excludes halogenated alkanes) is 1. The van der Waals surface area contributed by atoms with E-state index in [4.69, 9.17) is 9.72 Å². The highest BCUT2D eigenvalue weighted by atomic mass is 16.5. The van der Waals surface area contributed by atoms with Crippen molar-refractivity contribution >= 4 is 38.9 Å². The van der Waals surface area contributed by atoms with Crippen molar-refractivity contribution in [3.05, 3.63) is 203 Å². The second kappa shape index (κ2) is 21.3. The van der Waals surface area contributed by atoms with Gasteiger partial charge < -0.3 is 14.5 Å². The van der Waals surface area contributed by atoms with Crippen LogP contribution in [0.5, 0.6) is 5.75 Å². The molecule has 2 aromatic heterocycles. The Hall–Kier alpha value is -7.11. The minimum absolute atomic E-state index is 0.000211. The van der Waals surface area contributed by atoms with Gasteiger partial charge in [-0.1, -0.05) is 194 Å². The lowest BCUT2D eigenvalue weighted by atomic mass is 9.76. The Morgan fingerprint density at radius 3 is 1.91 bits per heavy atom. The van der Waals surface area contributed by atoms with Gasteiger partial charge in [-0.3, -0.25) is 4.57 Å². The van der Waals surface area contributed by atoms with Crippen molar-refractivity contribution in [2.45, 2.75) is 151 Å². The van der Waals surface area contributed by atoms with Crippen molar-refractivity contribution in [1.29, 1.82) is 0 Å². The molecule has 78 heavy (non-hydrogen) atoms. The van der Waals surface area contributed by atoms with Crippen molar-refractivity contribution in [3.8, 4) is 33.8 Å². The fourth-order valence-corrected chi connectivity index (χ4v) is 11.4. The summed E-state index contributed by atoms with van der Waals surface area (Å²) in [5.41, 5.74) is 20.9. The maximum Gasteiger partial charge on any atom is 0.137 e. The molecule has 0 amide bonds. The SMILES string of the molecule is CC(C)Cc1cc(C(C)(C)C)cc(-c2cc(C(C)(C)C)cc(C(C)(C)C)c2)c1CCCCN1CN(c2cccc(COc3ccc4c5ccccc5n(-c5cc(C(C)(C)C)ccn5)c4c3)c2)c2ccc(-c3ccccc3)cc21. The number of pyridine rings is 1. The summed E-state index contributed by atoms with van der Waals surface area (Å²) in [6.07, 6.45) is 6.23. The zero-order valence-corrected chi connectivity index (χ0v) is 49.3. The van der Waals surface area contributed by atoms with Crippen LogP contribution in [0.3, 0.4) is 0 Å². The predicted molar refractivity (Wildman–Crippen MR) is 334 cm³/mol. The maximum absolute atomic E-state index is 6.71. The van der Waals surface area contributed by atoms with Crippen molar-refractivity contribution in [3.63, 3.8) is 0 Å². The Labute approximate surface area is 467 Å². The van der Waals surface area contributed by atoms with E-state index in [1.54, 1.807) is 0 Å². The molecule has 1 aliphatic heterocycles. The molecule has 0 aliphatic carbocycles. The largest absolute Gasteiger partial charge is 0.489 e. The van der Waals surface area contributed by atoms with Gasteiger partial charge in [0.05, 0.1) is 29.1 Å². The van der Waals surface area contributed by atoms with E-state index in [-0.39, 0.29) is 21.7 Å². The monoisotopic (exact) mass is 1030 g/mol. The molecule has 5 heteroatoms. The van der Waals surface area contributed by atoms with E-state index in [0.29, 0.717) is 12.5 Å². The number of nitrogens with zero attached hydrogens (tertiary/aromatic N) is 4. The lowest BCUT2D eigenvalue weighted by molar-refractivity contribution is 0.306. The molecule has 0 radical (unpaired) electrons. The number of benzene rings is 7. The highest BCUT2D eigenvalue weighted by molar-refractivity contribution is 6.09. The first-order valence-corrected chi connectivity index (χ1v) is 28.8. The van der Waals surface area contributed by atoms with Crippen LogP contribution in [0.15, 0.2) is 164 Å². The summed E-state index contributed by atoms with van der Waals surface area (Å²) in [6.45, 7) is 35.0. The summed E-state index contributed by atoms with van der Waals surface area (Å²) in [7, 11) is 0. The van der Waals surface area contributed by atoms with Gasteiger partial charge in [0, 0.05) is 35.3 Å². The lowest BCUT2D eigenvalue weighted by Gasteiger charge is -2.29. The molecule has 0 fully saturated rings. The molecule has 10 rings (SSSR count). The zero-order chi connectivity index (χ0) is 55.3. The van der Waals surface area contributed by atoms with Crippen LogP contribution < -0.4 is 14.5 Å². The normalized spacial score (nSPS) is 13.3. The van der Waals surface area contributed by atoms with Gasteiger partial charge in [0.2, 0.25) is 0 Å². The number of ether oxygens (including phenoxy) is 1. The van der Waals surface area contributed by atoms with Crippen LogP contribution in [0, 0.1) is 5.92 Å². The van der Waals surface area contributed by atoms with Crippen molar-refractivity contribution in [2.24, 2.45) is 5.92 Å². The minimum atomic E-state index is -0.000211. The first-order valence-electron chi connectivity index (χ1n) is 28.8. The number of fused-ring (bicyclic) bond motifs is 4. The van der Waals surface area contributed by atoms with Gasteiger partial charge in [0.15, 0.2) is 0 Å². The maximum atomic E-state index is 6.71. The summed E-state index contributed by atoms with van der Waals surface area (Å²) in [6, 6.07) is 58.9. The molecule has 402 valence electrons. The summed E-state index contributed by atoms with van der Waals surface area (Å²) >= 11 is 0. The third-order valence-electron chi connectivity index (χ3n) is 16.1. The number of aromatic nitrogens is 2. The molecule has 0 bridgehead atoms. The Kier molecular flexibility index (Phi) is 14.8. The van der Waals surface area contributed by atoms with Gasteiger partial charge in [-0.15, -0.1) is 0 Å². The average molecular weight is 1030 g/mol. The fraction of sp³-hybridized carbons (Fsp3) is 0.356. The smallest absolute Gasteiger partial charge is 0.137 e. The fourth-order valence-electron chi connectivity index (χ4n) is 11.4. The Morgan fingerprint density at radius 2 is 1.21 bits per heavy atom. The molecule has 0 spiro atoms. The van der Waals surface area contributed by atoms with Gasteiger partial charge in [-0.2, -0.15) is 0 Å². The van der Waals surface area contributed by atoms with Gasteiger partial charge in [0.25, 0.3) is 0 Å². The van der Waals surface area contributed by atoms with Crippen LogP contribution in [0.1, 0.15) is 149 Å². The molecule has 5 nitrogen and oxygen atoms in total. The number of para-hydroxylation sites is 1. The van der Waals surface area contributed by atoms with Gasteiger partial charge in [-0.25, -0.2) is 4.98 Å². The number of hydrogen-bond donors (Lipinski definition) is 0. The topological polar surface area (TPSA) is 33.5 Å². The molecular formula is C73H84N4O. The number of hydrogen-bond acceptors (Lipinski definition) is 4. The van der Waals surface area contributed by atoms with Crippen LogP contribution in [-0.2, 0) is 41.1 Å². The van der Waals surface area contributed by atoms with E-state index in [9.17, 15) is 0 Å². The van der Waals surface area contributed by atoms with Crippen LogP contribution in [0.25, 0.3) is 49.9 Å². The first-order chi connectivity index (χ1) is 37.0. The highest BCUT2D eigenvalue weighted by Gasteiger charge is 2.29. The van der Waals surface area contributed by atoms with Crippen molar-refractivity contribution in [2.75, 3.05) is 23.0 Å². The second-order valence-electron chi connectivity index (χ2n) is 26.8.